The second kappa shape index (κ2) is 2.85. The number of halogens is 1. The predicted octanol–water partition coefficient (Wildman–Crippen LogP) is 1.83. The monoisotopic (exact) mass is 195 g/mol. The zero-order valence-corrected chi connectivity index (χ0v) is 7.63. The van der Waals surface area contributed by atoms with Gasteiger partial charge in [-0.05, 0) is 6.07 Å². The fourth-order valence-corrected chi connectivity index (χ4v) is 1.53. The molecule has 0 bridgehead atoms. The maximum atomic E-state index is 11.3. The number of nitrogens with zero attached hydrogens (tertiary/aromatic N) is 1. The van der Waals surface area contributed by atoms with Gasteiger partial charge in [0.05, 0.1) is 12.7 Å². The van der Waals surface area contributed by atoms with Crippen molar-refractivity contribution in [2.24, 2.45) is 4.99 Å². The Morgan fingerprint density at radius 3 is 2.92 bits per heavy atom. The molecule has 0 unspecified atom stereocenters. The van der Waals surface area contributed by atoms with Gasteiger partial charge in [-0.25, -0.2) is 0 Å². The lowest BCUT2D eigenvalue weighted by Gasteiger charge is -2.03. The van der Waals surface area contributed by atoms with E-state index in [0.29, 0.717) is 16.9 Å². The van der Waals surface area contributed by atoms with Crippen LogP contribution >= 0.6 is 11.6 Å². The first kappa shape index (κ1) is 8.26. The highest BCUT2D eigenvalue weighted by Gasteiger charge is 2.25. The van der Waals surface area contributed by atoms with E-state index in [2.05, 4.69) is 4.99 Å². The summed E-state index contributed by atoms with van der Waals surface area (Å²) >= 11 is 5.74. The van der Waals surface area contributed by atoms with Gasteiger partial charge in [0.25, 0.3) is 5.91 Å². The largest absolute Gasteiger partial charge is 0.496 e. The van der Waals surface area contributed by atoms with Gasteiger partial charge >= 0.3 is 0 Å². The molecule has 0 radical (unpaired) electrons. The van der Waals surface area contributed by atoms with Crippen molar-refractivity contribution in [3.8, 4) is 5.75 Å². The molecule has 0 aromatic heterocycles. The van der Waals surface area contributed by atoms with Gasteiger partial charge in [-0.3, -0.25) is 4.79 Å². The van der Waals surface area contributed by atoms with Gasteiger partial charge < -0.3 is 4.74 Å². The Hall–Kier alpha value is -1.35. The van der Waals surface area contributed by atoms with E-state index in [4.69, 9.17) is 16.3 Å². The molecule has 2 rings (SSSR count). The number of rotatable bonds is 1. The van der Waals surface area contributed by atoms with E-state index < -0.39 is 0 Å². The number of carbonyl (C=O) groups is 1. The van der Waals surface area contributed by atoms with Crippen LogP contribution in [-0.4, -0.2) is 18.2 Å². The minimum Gasteiger partial charge on any atom is -0.496 e. The van der Waals surface area contributed by atoms with Crippen molar-refractivity contribution in [3.05, 3.63) is 29.3 Å². The summed E-state index contributed by atoms with van der Waals surface area (Å²) in [5.74, 6) is 0.180. The zero-order valence-electron chi connectivity index (χ0n) is 6.87. The number of carbonyl (C=O) groups excluding carboxylic acids is 1. The normalized spacial score (nSPS) is 14.0. The van der Waals surface area contributed by atoms with Crippen LogP contribution < -0.4 is 4.74 Å². The molecule has 1 aromatic rings. The number of hydrogen-bond donors (Lipinski definition) is 0. The lowest BCUT2D eigenvalue weighted by atomic mass is 10.1. The van der Waals surface area contributed by atoms with E-state index in [1.807, 2.05) is 0 Å². The fraction of sp³-hybridized carbons (Fsp3) is 0.111. The molecular formula is C9H6ClNO2. The Labute approximate surface area is 80.0 Å². The molecule has 3 nitrogen and oxygen atoms in total. The first-order valence-corrected chi connectivity index (χ1v) is 4.07. The van der Waals surface area contributed by atoms with Crippen LogP contribution in [0.4, 0.5) is 0 Å². The summed E-state index contributed by atoms with van der Waals surface area (Å²) in [5.41, 5.74) is 1.10. The quantitative estimate of drug-likeness (QED) is 0.686. The van der Waals surface area contributed by atoms with Gasteiger partial charge in [0.15, 0.2) is 0 Å². The highest BCUT2D eigenvalue weighted by atomic mass is 35.5. The number of benzene rings is 1. The first-order valence-electron chi connectivity index (χ1n) is 3.70. The molecule has 1 amide bonds. The Balaban J connectivity index is 2.68. The smallest absolute Gasteiger partial charge is 0.282 e. The van der Waals surface area contributed by atoms with Crippen molar-refractivity contribution in [3.63, 3.8) is 0 Å². The molecule has 0 spiro atoms. The third-order valence-electron chi connectivity index (χ3n) is 1.88. The summed E-state index contributed by atoms with van der Waals surface area (Å²) in [6.45, 7) is 0. The summed E-state index contributed by atoms with van der Waals surface area (Å²) in [6.07, 6.45) is 0. The van der Waals surface area contributed by atoms with Gasteiger partial charge in [-0.1, -0.05) is 23.7 Å². The van der Waals surface area contributed by atoms with Crippen molar-refractivity contribution in [2.75, 3.05) is 7.11 Å². The molecule has 1 aliphatic rings. The highest BCUT2D eigenvalue weighted by molar-refractivity contribution is 6.72. The molecule has 0 saturated heterocycles. The van der Waals surface area contributed by atoms with Crippen molar-refractivity contribution >= 4 is 22.7 Å². The first-order chi connectivity index (χ1) is 6.24. The molecule has 1 aliphatic heterocycles. The van der Waals surface area contributed by atoms with Gasteiger partial charge in [0.1, 0.15) is 10.9 Å². The average Bonchev–Trinajstić information content (AvgIpc) is 2.43. The Bertz CT molecular complexity index is 412. The van der Waals surface area contributed by atoms with E-state index in [9.17, 15) is 4.79 Å². The minimum absolute atomic E-state index is 0.235. The Kier molecular flexibility index (Phi) is 1.81. The second-order valence-corrected chi connectivity index (χ2v) is 2.95. The molecule has 1 aromatic carbocycles. The van der Waals surface area contributed by atoms with E-state index in [-0.39, 0.29) is 11.1 Å². The van der Waals surface area contributed by atoms with Crippen molar-refractivity contribution in [2.45, 2.75) is 0 Å². The average molecular weight is 196 g/mol. The number of hydrogen-bond acceptors (Lipinski definition) is 2. The molecule has 0 N–H and O–H groups in total. The summed E-state index contributed by atoms with van der Waals surface area (Å²) in [7, 11) is 1.51. The predicted molar refractivity (Wildman–Crippen MR) is 49.7 cm³/mol. The van der Waals surface area contributed by atoms with Crippen LogP contribution in [0.2, 0.25) is 0 Å². The lowest BCUT2D eigenvalue weighted by Crippen LogP contribution is -1.97. The van der Waals surface area contributed by atoms with Gasteiger partial charge in [0, 0.05) is 5.56 Å². The lowest BCUT2D eigenvalue weighted by molar-refractivity contribution is 0.100. The second-order valence-electron chi connectivity index (χ2n) is 2.59. The molecule has 0 aliphatic carbocycles. The maximum absolute atomic E-state index is 11.3. The van der Waals surface area contributed by atoms with Crippen LogP contribution in [0.1, 0.15) is 15.9 Å². The molecule has 4 heteroatoms. The Morgan fingerprint density at radius 1 is 1.46 bits per heavy atom. The number of amides is 1. The summed E-state index contributed by atoms with van der Waals surface area (Å²) < 4.78 is 5.02. The van der Waals surface area contributed by atoms with Gasteiger partial charge in [-0.15, -0.1) is 0 Å². The molecule has 0 saturated carbocycles. The third kappa shape index (κ3) is 1.12. The maximum Gasteiger partial charge on any atom is 0.282 e. The topological polar surface area (TPSA) is 38.7 Å². The van der Waals surface area contributed by atoms with Crippen LogP contribution in [0.15, 0.2) is 23.2 Å². The zero-order chi connectivity index (χ0) is 9.42. The molecule has 1 heterocycles. The van der Waals surface area contributed by atoms with Crippen molar-refractivity contribution < 1.29 is 9.53 Å². The fourth-order valence-electron chi connectivity index (χ4n) is 1.30. The summed E-state index contributed by atoms with van der Waals surface area (Å²) in [5, 5.41) is 0.235. The molecule has 66 valence electrons. The minimum atomic E-state index is -0.336. The molecule has 0 fully saturated rings. The van der Waals surface area contributed by atoms with Gasteiger partial charge in [-0.2, -0.15) is 4.99 Å². The number of methoxy groups -OCH3 is 1. The number of aliphatic imine (C=N–C) groups is 1. The molecule has 13 heavy (non-hydrogen) atoms. The number of ether oxygens (including phenoxy) is 1. The van der Waals surface area contributed by atoms with E-state index in [0.717, 1.165) is 0 Å². The van der Waals surface area contributed by atoms with Crippen LogP contribution in [0.5, 0.6) is 5.75 Å². The van der Waals surface area contributed by atoms with E-state index in [1.165, 1.54) is 7.11 Å². The van der Waals surface area contributed by atoms with Crippen LogP contribution in [-0.2, 0) is 0 Å². The van der Waals surface area contributed by atoms with Crippen LogP contribution in [0, 0.1) is 0 Å². The summed E-state index contributed by atoms with van der Waals surface area (Å²) in [4.78, 5) is 14.9. The van der Waals surface area contributed by atoms with E-state index >= 15 is 0 Å². The standard InChI is InChI=1S/C9H6ClNO2/c1-13-6-4-2-3-5-7(6)9(12)11-8(5)10/h2-4H,1H3. The van der Waals surface area contributed by atoms with Crippen molar-refractivity contribution in [1.29, 1.82) is 0 Å². The summed E-state index contributed by atoms with van der Waals surface area (Å²) in [6, 6.07) is 5.23. The third-order valence-corrected chi connectivity index (χ3v) is 2.17. The Morgan fingerprint density at radius 2 is 2.23 bits per heavy atom. The van der Waals surface area contributed by atoms with Crippen LogP contribution in [0.3, 0.4) is 0 Å². The molecular weight excluding hydrogens is 190 g/mol. The SMILES string of the molecule is COc1cccc2c1C(=O)N=C2Cl. The molecule has 0 atom stereocenters. The van der Waals surface area contributed by atoms with E-state index in [1.54, 1.807) is 18.2 Å². The van der Waals surface area contributed by atoms with Crippen molar-refractivity contribution in [1.82, 2.24) is 0 Å². The number of fused-ring (bicyclic) bond motifs is 1. The highest BCUT2D eigenvalue weighted by Crippen LogP contribution is 2.29. The van der Waals surface area contributed by atoms with Gasteiger partial charge in [0.2, 0.25) is 0 Å². The van der Waals surface area contributed by atoms with Crippen LogP contribution in [0.25, 0.3) is 0 Å².